The van der Waals surface area contributed by atoms with Crippen molar-refractivity contribution in [2.75, 3.05) is 13.1 Å². The third-order valence-corrected chi connectivity index (χ3v) is 6.75. The van der Waals surface area contributed by atoms with E-state index in [2.05, 4.69) is 0 Å². The quantitative estimate of drug-likeness (QED) is 0.930. The second-order valence-corrected chi connectivity index (χ2v) is 8.08. The van der Waals surface area contributed by atoms with Crippen molar-refractivity contribution in [2.45, 2.75) is 30.7 Å². The van der Waals surface area contributed by atoms with Gasteiger partial charge in [0.05, 0.1) is 4.90 Å². The minimum atomic E-state index is -3.42. The van der Waals surface area contributed by atoms with Crippen LogP contribution in [0, 0.1) is 11.8 Å². The molecule has 1 aliphatic carbocycles. The third kappa shape index (κ3) is 2.37. The molecule has 1 saturated carbocycles. The number of hydrogen-bond donors (Lipinski definition) is 1. The van der Waals surface area contributed by atoms with Crippen LogP contribution in [-0.4, -0.2) is 25.8 Å². The average molecular weight is 315 g/mol. The molecule has 2 N–H and O–H groups in total. The molecule has 0 bridgehead atoms. The molecule has 2 unspecified atom stereocenters. The van der Waals surface area contributed by atoms with Crippen LogP contribution in [0.4, 0.5) is 0 Å². The Morgan fingerprint density at radius 3 is 2.45 bits per heavy atom. The van der Waals surface area contributed by atoms with Gasteiger partial charge in [0.2, 0.25) is 10.0 Å². The van der Waals surface area contributed by atoms with E-state index in [4.69, 9.17) is 17.3 Å². The van der Waals surface area contributed by atoms with Crippen LogP contribution in [0.5, 0.6) is 0 Å². The van der Waals surface area contributed by atoms with Gasteiger partial charge in [0, 0.05) is 24.7 Å². The first-order chi connectivity index (χ1) is 9.52. The van der Waals surface area contributed by atoms with E-state index < -0.39 is 10.0 Å². The van der Waals surface area contributed by atoms with Gasteiger partial charge in [-0.25, -0.2) is 8.42 Å². The zero-order valence-corrected chi connectivity index (χ0v) is 12.8. The molecule has 4 nitrogen and oxygen atoms in total. The molecule has 0 radical (unpaired) electrons. The minimum absolute atomic E-state index is 0.277. The molecule has 110 valence electrons. The van der Waals surface area contributed by atoms with Gasteiger partial charge in [-0.15, -0.1) is 0 Å². The Kier molecular flexibility index (Phi) is 3.79. The molecule has 3 rings (SSSR count). The Hall–Kier alpha value is -0.620. The van der Waals surface area contributed by atoms with E-state index in [1.54, 1.807) is 16.4 Å². The monoisotopic (exact) mass is 314 g/mol. The zero-order valence-electron chi connectivity index (χ0n) is 11.3. The molecule has 1 aromatic rings. The molecule has 2 atom stereocenters. The van der Waals surface area contributed by atoms with Gasteiger partial charge in [0.25, 0.3) is 0 Å². The van der Waals surface area contributed by atoms with E-state index in [0.717, 1.165) is 18.4 Å². The van der Waals surface area contributed by atoms with E-state index in [0.29, 0.717) is 36.5 Å². The maximum atomic E-state index is 12.7. The summed E-state index contributed by atoms with van der Waals surface area (Å²) in [4.78, 5) is 0.277. The summed E-state index contributed by atoms with van der Waals surface area (Å²) in [6.45, 7) is 1.62. The fourth-order valence-corrected chi connectivity index (χ4v) is 5.29. The molecule has 1 saturated heterocycles. The standard InChI is InChI=1S/C14H19ClN2O2S/c15-14-6-13(5-4-10(14)7-16)20(18,19)17-8-11-2-1-3-12(11)9-17/h4-6,11-12H,1-3,7-9,16H2. The molecule has 20 heavy (non-hydrogen) atoms. The van der Waals surface area contributed by atoms with E-state index in [1.165, 1.54) is 12.5 Å². The number of rotatable bonds is 3. The van der Waals surface area contributed by atoms with Gasteiger partial charge in [0.15, 0.2) is 0 Å². The van der Waals surface area contributed by atoms with Crippen LogP contribution >= 0.6 is 11.6 Å². The van der Waals surface area contributed by atoms with Crippen molar-refractivity contribution >= 4 is 21.6 Å². The molecule has 0 spiro atoms. The molecule has 6 heteroatoms. The first-order valence-electron chi connectivity index (χ1n) is 7.01. The number of nitrogens with two attached hydrogens (primary N) is 1. The first-order valence-corrected chi connectivity index (χ1v) is 8.83. The van der Waals surface area contributed by atoms with Gasteiger partial charge < -0.3 is 5.73 Å². The van der Waals surface area contributed by atoms with Crippen molar-refractivity contribution in [3.63, 3.8) is 0 Å². The number of hydrogen-bond acceptors (Lipinski definition) is 3. The summed E-state index contributed by atoms with van der Waals surface area (Å²) < 4.78 is 26.9. The van der Waals surface area contributed by atoms with Crippen LogP contribution in [-0.2, 0) is 16.6 Å². The maximum Gasteiger partial charge on any atom is 0.243 e. The fourth-order valence-electron chi connectivity index (χ4n) is 3.39. The van der Waals surface area contributed by atoms with Gasteiger partial charge in [-0.3, -0.25) is 0 Å². The van der Waals surface area contributed by atoms with Crippen LogP contribution in [0.15, 0.2) is 23.1 Å². The van der Waals surface area contributed by atoms with Crippen molar-refractivity contribution in [1.29, 1.82) is 0 Å². The Morgan fingerprint density at radius 2 is 1.90 bits per heavy atom. The van der Waals surface area contributed by atoms with Gasteiger partial charge in [0.1, 0.15) is 0 Å². The van der Waals surface area contributed by atoms with Gasteiger partial charge >= 0.3 is 0 Å². The molecule has 1 aromatic carbocycles. The number of nitrogens with zero attached hydrogens (tertiary/aromatic N) is 1. The Labute approximate surface area is 125 Å². The molecular weight excluding hydrogens is 296 g/mol. The largest absolute Gasteiger partial charge is 0.326 e. The first kappa shape index (κ1) is 14.3. The lowest BCUT2D eigenvalue weighted by molar-refractivity contribution is 0.445. The predicted octanol–water partition coefficient (Wildman–Crippen LogP) is 2.22. The van der Waals surface area contributed by atoms with Crippen molar-refractivity contribution in [1.82, 2.24) is 4.31 Å². The van der Waals surface area contributed by atoms with Crippen LogP contribution in [0.1, 0.15) is 24.8 Å². The summed E-state index contributed by atoms with van der Waals surface area (Å²) in [5, 5.41) is 0.424. The molecular formula is C14H19ClN2O2S. The topological polar surface area (TPSA) is 63.4 Å². The van der Waals surface area contributed by atoms with E-state index >= 15 is 0 Å². The number of fused-ring (bicyclic) bond motifs is 1. The molecule has 2 fully saturated rings. The molecule has 1 heterocycles. The fraction of sp³-hybridized carbons (Fsp3) is 0.571. The van der Waals surface area contributed by atoms with Crippen LogP contribution in [0.3, 0.4) is 0 Å². The normalized spacial score (nSPS) is 26.9. The SMILES string of the molecule is NCc1ccc(S(=O)(=O)N2CC3CCCC3C2)cc1Cl. The van der Waals surface area contributed by atoms with Crippen molar-refractivity contribution < 1.29 is 8.42 Å². The van der Waals surface area contributed by atoms with Gasteiger partial charge in [-0.2, -0.15) is 4.31 Å². The van der Waals surface area contributed by atoms with Crippen LogP contribution < -0.4 is 5.73 Å². The molecule has 2 aliphatic rings. The zero-order chi connectivity index (χ0) is 14.3. The number of benzene rings is 1. The highest BCUT2D eigenvalue weighted by Crippen LogP contribution is 2.40. The molecule has 0 aromatic heterocycles. The Balaban J connectivity index is 1.87. The van der Waals surface area contributed by atoms with Crippen molar-refractivity contribution in [2.24, 2.45) is 17.6 Å². The van der Waals surface area contributed by atoms with Gasteiger partial charge in [-0.1, -0.05) is 24.1 Å². The smallest absolute Gasteiger partial charge is 0.243 e. The van der Waals surface area contributed by atoms with Crippen molar-refractivity contribution in [3.8, 4) is 0 Å². The molecule has 0 amide bonds. The predicted molar refractivity (Wildman–Crippen MR) is 78.9 cm³/mol. The van der Waals surface area contributed by atoms with Crippen LogP contribution in [0.2, 0.25) is 5.02 Å². The lowest BCUT2D eigenvalue weighted by atomic mass is 10.0. The third-order valence-electron chi connectivity index (χ3n) is 4.58. The average Bonchev–Trinajstić information content (AvgIpc) is 2.99. The highest BCUT2D eigenvalue weighted by Gasteiger charge is 2.41. The highest BCUT2D eigenvalue weighted by molar-refractivity contribution is 7.89. The lowest BCUT2D eigenvalue weighted by Gasteiger charge is -2.18. The van der Waals surface area contributed by atoms with E-state index in [9.17, 15) is 8.42 Å². The number of sulfonamides is 1. The summed E-state index contributed by atoms with van der Waals surface area (Å²) in [5.74, 6) is 1.09. The minimum Gasteiger partial charge on any atom is -0.326 e. The number of halogens is 1. The lowest BCUT2D eigenvalue weighted by Crippen LogP contribution is -2.29. The van der Waals surface area contributed by atoms with Gasteiger partial charge in [-0.05, 0) is 42.4 Å². The Morgan fingerprint density at radius 1 is 1.25 bits per heavy atom. The van der Waals surface area contributed by atoms with E-state index in [1.807, 2.05) is 0 Å². The molecule has 1 aliphatic heterocycles. The van der Waals surface area contributed by atoms with Crippen LogP contribution in [0.25, 0.3) is 0 Å². The van der Waals surface area contributed by atoms with E-state index in [-0.39, 0.29) is 4.90 Å². The second kappa shape index (κ2) is 5.30. The summed E-state index contributed by atoms with van der Waals surface area (Å²) in [6, 6.07) is 4.83. The summed E-state index contributed by atoms with van der Waals surface area (Å²) in [6.07, 6.45) is 3.55. The highest BCUT2D eigenvalue weighted by atomic mass is 35.5. The summed E-state index contributed by atoms with van der Waals surface area (Å²) in [5.41, 5.74) is 6.32. The maximum absolute atomic E-state index is 12.7. The summed E-state index contributed by atoms with van der Waals surface area (Å²) in [7, 11) is -3.42. The van der Waals surface area contributed by atoms with Crippen molar-refractivity contribution in [3.05, 3.63) is 28.8 Å². The summed E-state index contributed by atoms with van der Waals surface area (Å²) >= 11 is 6.08. The second-order valence-electron chi connectivity index (χ2n) is 5.73. The Bertz CT molecular complexity index is 606.